The van der Waals surface area contributed by atoms with Gasteiger partial charge in [-0.05, 0) is 18.8 Å². The van der Waals surface area contributed by atoms with Crippen LogP contribution in [-0.2, 0) is 28.6 Å². The summed E-state index contributed by atoms with van der Waals surface area (Å²) in [7, 11) is 0. The highest BCUT2D eigenvalue weighted by atomic mass is 16.6. The van der Waals surface area contributed by atoms with Crippen LogP contribution in [0.5, 0.6) is 0 Å². The van der Waals surface area contributed by atoms with Crippen molar-refractivity contribution in [1.82, 2.24) is 0 Å². The van der Waals surface area contributed by atoms with Crippen LogP contribution in [0.2, 0.25) is 0 Å². The minimum Gasteiger partial charge on any atom is -0.460 e. The Bertz CT molecular complexity index is 671. The van der Waals surface area contributed by atoms with Gasteiger partial charge in [0, 0.05) is 11.8 Å². The highest BCUT2D eigenvalue weighted by molar-refractivity contribution is 5.84. The molecule has 0 aromatic rings. The van der Waals surface area contributed by atoms with Crippen LogP contribution in [0.25, 0.3) is 0 Å². The molecule has 0 heterocycles. The van der Waals surface area contributed by atoms with Gasteiger partial charge in [0.1, 0.15) is 31.0 Å². The minimum absolute atomic E-state index is 0.389. The first-order chi connectivity index (χ1) is 16.8. The van der Waals surface area contributed by atoms with Crippen LogP contribution in [0.15, 0.2) is 0 Å². The highest BCUT2D eigenvalue weighted by Gasteiger charge is 2.38. The number of ether oxygens (including phenoxy) is 3. The Labute approximate surface area is 212 Å². The lowest BCUT2D eigenvalue weighted by atomic mass is 9.99. The molecule has 0 rings (SSSR count). The number of esters is 3. The fourth-order valence-electron chi connectivity index (χ4n) is 2.98. The van der Waals surface area contributed by atoms with E-state index in [0.29, 0.717) is 19.3 Å². The number of aliphatic hydroxyl groups is 6. The fraction of sp³-hybridized carbons (Fsp3) is 0.875. The first-order valence-electron chi connectivity index (χ1n) is 12.4. The molecule has 12 heteroatoms. The second-order valence-electron chi connectivity index (χ2n) is 9.24. The van der Waals surface area contributed by atoms with E-state index in [0.717, 1.165) is 0 Å². The zero-order valence-corrected chi connectivity index (χ0v) is 21.9. The molecule has 0 saturated carbocycles. The predicted molar refractivity (Wildman–Crippen MR) is 126 cm³/mol. The van der Waals surface area contributed by atoms with Crippen molar-refractivity contribution in [2.75, 3.05) is 13.2 Å². The van der Waals surface area contributed by atoms with Crippen molar-refractivity contribution in [2.45, 2.75) is 104 Å². The number of hydrogen-bond donors (Lipinski definition) is 6. The van der Waals surface area contributed by atoms with E-state index in [-0.39, 0.29) is 0 Å². The Hall–Kier alpha value is -1.83. The normalized spacial score (nSPS) is 20.0. The van der Waals surface area contributed by atoms with Gasteiger partial charge in [-0.1, -0.05) is 48.0 Å². The molecule has 0 amide bonds. The molecule has 10 atom stereocenters. The van der Waals surface area contributed by atoms with E-state index in [1.54, 1.807) is 41.5 Å². The molecule has 0 aliphatic heterocycles. The lowest BCUT2D eigenvalue weighted by molar-refractivity contribution is -0.190. The van der Waals surface area contributed by atoms with Gasteiger partial charge in [0.25, 0.3) is 0 Å². The molecule has 0 aromatic carbocycles. The smallest absolute Gasteiger partial charge is 0.348 e. The van der Waals surface area contributed by atoms with E-state index in [1.165, 1.54) is 0 Å². The largest absolute Gasteiger partial charge is 0.460 e. The maximum Gasteiger partial charge on any atom is 0.348 e. The number of carbonyl (C=O) groups is 3. The van der Waals surface area contributed by atoms with Gasteiger partial charge in [0.05, 0.1) is 6.61 Å². The highest BCUT2D eigenvalue weighted by Crippen LogP contribution is 2.21. The molecular weight excluding hydrogens is 480 g/mol. The van der Waals surface area contributed by atoms with E-state index >= 15 is 0 Å². The summed E-state index contributed by atoms with van der Waals surface area (Å²) in [6.45, 7) is 8.54. The summed E-state index contributed by atoms with van der Waals surface area (Å²) < 4.78 is 15.6. The van der Waals surface area contributed by atoms with Crippen molar-refractivity contribution in [3.05, 3.63) is 0 Å². The predicted octanol–water partition coefficient (Wildman–Crippen LogP) is -0.712. The van der Waals surface area contributed by atoms with Crippen LogP contribution in [-0.4, -0.2) is 104 Å². The third kappa shape index (κ3) is 10.3. The average Bonchev–Trinajstić information content (AvgIpc) is 2.89. The van der Waals surface area contributed by atoms with Gasteiger partial charge in [-0.2, -0.15) is 0 Å². The summed E-state index contributed by atoms with van der Waals surface area (Å²) in [4.78, 5) is 38.0. The third-order valence-corrected chi connectivity index (χ3v) is 6.42. The summed E-state index contributed by atoms with van der Waals surface area (Å²) in [6, 6.07) is 0. The van der Waals surface area contributed by atoms with E-state index in [9.17, 15) is 39.9 Å². The van der Waals surface area contributed by atoms with Gasteiger partial charge in [-0.3, -0.25) is 0 Å². The zero-order valence-electron chi connectivity index (χ0n) is 21.9. The monoisotopic (exact) mass is 524 g/mol. The van der Waals surface area contributed by atoms with Gasteiger partial charge >= 0.3 is 17.9 Å². The Morgan fingerprint density at radius 3 is 1.50 bits per heavy atom. The van der Waals surface area contributed by atoms with E-state index in [4.69, 9.17) is 19.3 Å². The molecule has 0 saturated heterocycles. The molecule has 0 fully saturated rings. The number of hydrogen-bond acceptors (Lipinski definition) is 12. The molecule has 0 spiro atoms. The Kier molecular flexibility index (Phi) is 16.0. The molecule has 0 radical (unpaired) electrons. The van der Waals surface area contributed by atoms with Crippen LogP contribution in [0, 0.1) is 17.8 Å². The molecular formula is C24H44O12. The quantitative estimate of drug-likeness (QED) is 0.103. The summed E-state index contributed by atoms with van der Waals surface area (Å²) in [5.74, 6) is -4.45. The lowest BCUT2D eigenvalue weighted by Gasteiger charge is -2.28. The topological polar surface area (TPSA) is 200 Å². The molecule has 6 N–H and O–H groups in total. The average molecular weight is 525 g/mol. The Balaban J connectivity index is 5.45. The van der Waals surface area contributed by atoms with Crippen molar-refractivity contribution < 1.29 is 59.2 Å². The van der Waals surface area contributed by atoms with Gasteiger partial charge in [0.15, 0.2) is 6.10 Å². The number of rotatable bonds is 17. The van der Waals surface area contributed by atoms with Crippen molar-refractivity contribution in [2.24, 2.45) is 17.8 Å². The molecule has 0 aromatic heterocycles. The first kappa shape index (κ1) is 34.2. The summed E-state index contributed by atoms with van der Waals surface area (Å²) in [5, 5.41) is 57.9. The van der Waals surface area contributed by atoms with E-state index < -0.39 is 91.6 Å². The number of carbonyl (C=O) groups excluding carboxylic acids is 3. The van der Waals surface area contributed by atoms with Gasteiger partial charge < -0.3 is 44.8 Å². The molecule has 0 aliphatic carbocycles. The summed E-state index contributed by atoms with van der Waals surface area (Å²) in [5.41, 5.74) is 0. The summed E-state index contributed by atoms with van der Waals surface area (Å²) in [6.07, 6.45) is -10.3. The Morgan fingerprint density at radius 1 is 0.639 bits per heavy atom. The number of aliphatic hydroxyl groups excluding tert-OH is 6. The van der Waals surface area contributed by atoms with Crippen LogP contribution >= 0.6 is 0 Å². The maximum absolute atomic E-state index is 13.0. The molecule has 0 unspecified atom stereocenters. The minimum atomic E-state index is -1.93. The molecule has 36 heavy (non-hydrogen) atoms. The lowest BCUT2D eigenvalue weighted by Crippen LogP contribution is -2.48. The standard InChI is InChI=1S/C24H44O12/c1-7-12(4)17(28)22(31)35-21(14(6)9-3)24(33)36-20(13(5)8-2)23(32)34-11-16(27)19(30)18(29)15(26)10-25/h12-21,25-30H,7-11H2,1-6H3/t12-,13-,14+,15+,16-,17-,18+,19-,20-,21-/m0/s1. The van der Waals surface area contributed by atoms with Gasteiger partial charge in [-0.15, -0.1) is 0 Å². The van der Waals surface area contributed by atoms with Gasteiger partial charge in [-0.25, -0.2) is 14.4 Å². The van der Waals surface area contributed by atoms with Crippen molar-refractivity contribution in [1.29, 1.82) is 0 Å². The van der Waals surface area contributed by atoms with Crippen LogP contribution in [0.3, 0.4) is 0 Å². The second kappa shape index (κ2) is 16.8. The van der Waals surface area contributed by atoms with E-state index in [1.807, 2.05) is 0 Å². The van der Waals surface area contributed by atoms with Gasteiger partial charge in [0.2, 0.25) is 12.2 Å². The van der Waals surface area contributed by atoms with Crippen molar-refractivity contribution in [3.63, 3.8) is 0 Å². The molecule has 0 bridgehead atoms. The van der Waals surface area contributed by atoms with Crippen LogP contribution in [0.1, 0.15) is 60.8 Å². The third-order valence-electron chi connectivity index (χ3n) is 6.42. The Morgan fingerprint density at radius 2 is 1.06 bits per heavy atom. The second-order valence-corrected chi connectivity index (χ2v) is 9.24. The molecule has 0 aliphatic rings. The fourth-order valence-corrected chi connectivity index (χ4v) is 2.98. The first-order valence-corrected chi connectivity index (χ1v) is 12.4. The van der Waals surface area contributed by atoms with E-state index in [2.05, 4.69) is 0 Å². The van der Waals surface area contributed by atoms with Crippen molar-refractivity contribution >= 4 is 17.9 Å². The maximum atomic E-state index is 13.0. The van der Waals surface area contributed by atoms with Crippen LogP contribution < -0.4 is 0 Å². The molecule has 12 nitrogen and oxygen atoms in total. The summed E-state index contributed by atoms with van der Waals surface area (Å²) >= 11 is 0. The molecule has 212 valence electrons. The van der Waals surface area contributed by atoms with Crippen LogP contribution in [0.4, 0.5) is 0 Å². The van der Waals surface area contributed by atoms with Crippen molar-refractivity contribution in [3.8, 4) is 0 Å². The SMILES string of the molecule is CC[C@@H](C)[C@H](OC(=O)[C@@H](O)[C@@H](C)CC)C(=O)O[C@H](C(=O)OC[C@H](O)[C@H](O)[C@H](O)[C@H](O)CO)[C@@H](C)CC. The zero-order chi connectivity index (χ0) is 28.2.